The van der Waals surface area contributed by atoms with E-state index >= 15 is 0 Å². The molecule has 1 aromatic rings. The van der Waals surface area contributed by atoms with Crippen LogP contribution < -0.4 is 0 Å². The first-order chi connectivity index (χ1) is 16.0. The summed E-state index contributed by atoms with van der Waals surface area (Å²) in [6.45, 7) is 3.74. The van der Waals surface area contributed by atoms with Crippen LogP contribution in [0.5, 0.6) is 0 Å². The van der Waals surface area contributed by atoms with E-state index in [0.29, 0.717) is 19.1 Å². The summed E-state index contributed by atoms with van der Waals surface area (Å²) in [4.78, 5) is 20.4. The van der Waals surface area contributed by atoms with E-state index in [1.807, 2.05) is 0 Å². The van der Waals surface area contributed by atoms with Crippen LogP contribution in [-0.4, -0.2) is 84.9 Å². The minimum absolute atomic E-state index is 0.0195. The SMILES string of the molecule is CN(C)[C@]1(c2ccccc2)CC[C@]2(CC1)CN(CCCCOCCO)C(=O)N2CC1CCC1. The molecular weight excluding hydrogens is 414 g/mol. The van der Waals surface area contributed by atoms with Crippen molar-refractivity contribution in [2.75, 3.05) is 53.6 Å². The molecule has 6 nitrogen and oxygen atoms in total. The summed E-state index contributed by atoms with van der Waals surface area (Å²) < 4.78 is 5.40. The Kier molecular flexibility index (Phi) is 7.98. The van der Waals surface area contributed by atoms with E-state index in [0.717, 1.165) is 58.2 Å². The Balaban J connectivity index is 1.45. The molecule has 1 aliphatic heterocycles. The number of hydrogen-bond donors (Lipinski definition) is 1. The summed E-state index contributed by atoms with van der Waals surface area (Å²) in [6, 6.07) is 11.2. The molecule has 6 heteroatoms. The zero-order valence-corrected chi connectivity index (χ0v) is 20.7. The number of rotatable bonds is 11. The van der Waals surface area contributed by atoms with Crippen LogP contribution >= 0.6 is 0 Å². The van der Waals surface area contributed by atoms with Gasteiger partial charge >= 0.3 is 6.03 Å². The number of aliphatic hydroxyl groups excluding tert-OH is 1. The number of ether oxygens (including phenoxy) is 1. The lowest BCUT2D eigenvalue weighted by molar-refractivity contribution is 0.0159. The predicted molar refractivity (Wildman–Crippen MR) is 131 cm³/mol. The molecule has 184 valence electrons. The number of benzene rings is 1. The van der Waals surface area contributed by atoms with Gasteiger partial charge in [-0.2, -0.15) is 0 Å². The highest BCUT2D eigenvalue weighted by atomic mass is 16.5. The third-order valence-corrected chi connectivity index (χ3v) is 8.60. The Morgan fingerprint density at radius 2 is 1.79 bits per heavy atom. The van der Waals surface area contributed by atoms with Gasteiger partial charge in [-0.15, -0.1) is 0 Å². The van der Waals surface area contributed by atoms with Crippen molar-refractivity contribution in [3.63, 3.8) is 0 Å². The fourth-order valence-electron chi connectivity index (χ4n) is 6.23. The summed E-state index contributed by atoms with van der Waals surface area (Å²) in [6.07, 6.45) is 10.0. The van der Waals surface area contributed by atoms with Gasteiger partial charge in [-0.25, -0.2) is 4.79 Å². The lowest BCUT2D eigenvalue weighted by Crippen LogP contribution is -2.56. The molecule has 33 heavy (non-hydrogen) atoms. The molecule has 0 unspecified atom stereocenters. The minimum Gasteiger partial charge on any atom is -0.394 e. The first-order valence-corrected chi connectivity index (χ1v) is 13.0. The highest BCUT2D eigenvalue weighted by Gasteiger charge is 2.54. The number of hydrogen-bond acceptors (Lipinski definition) is 4. The van der Waals surface area contributed by atoms with Crippen LogP contribution in [0.15, 0.2) is 30.3 Å². The second-order valence-corrected chi connectivity index (χ2v) is 10.7. The molecule has 2 saturated carbocycles. The largest absolute Gasteiger partial charge is 0.394 e. The van der Waals surface area contributed by atoms with E-state index in [9.17, 15) is 4.79 Å². The average molecular weight is 458 g/mol. The Morgan fingerprint density at radius 1 is 1.06 bits per heavy atom. The van der Waals surface area contributed by atoms with E-state index < -0.39 is 0 Å². The maximum absolute atomic E-state index is 13.6. The van der Waals surface area contributed by atoms with Crippen LogP contribution in [0.4, 0.5) is 4.79 Å². The molecule has 0 aromatic heterocycles. The predicted octanol–water partition coefficient (Wildman–Crippen LogP) is 4.08. The van der Waals surface area contributed by atoms with Crippen LogP contribution in [0.25, 0.3) is 0 Å². The summed E-state index contributed by atoms with van der Waals surface area (Å²) in [7, 11) is 4.42. The first kappa shape index (κ1) is 24.5. The van der Waals surface area contributed by atoms with E-state index in [1.54, 1.807) is 0 Å². The number of amides is 2. The quantitative estimate of drug-likeness (QED) is 0.509. The van der Waals surface area contributed by atoms with Crippen LogP contribution in [0.3, 0.4) is 0 Å². The van der Waals surface area contributed by atoms with Crippen molar-refractivity contribution >= 4 is 6.03 Å². The van der Waals surface area contributed by atoms with Gasteiger partial charge in [0, 0.05) is 31.8 Å². The van der Waals surface area contributed by atoms with Gasteiger partial charge in [0.2, 0.25) is 0 Å². The van der Waals surface area contributed by atoms with Crippen molar-refractivity contribution in [3.05, 3.63) is 35.9 Å². The van der Waals surface area contributed by atoms with Gasteiger partial charge in [0.25, 0.3) is 0 Å². The van der Waals surface area contributed by atoms with Gasteiger partial charge in [0.1, 0.15) is 0 Å². The Bertz CT molecular complexity index is 757. The average Bonchev–Trinajstić information content (AvgIpc) is 3.05. The fraction of sp³-hybridized carbons (Fsp3) is 0.741. The van der Waals surface area contributed by atoms with Crippen molar-refractivity contribution in [2.24, 2.45) is 5.92 Å². The second kappa shape index (κ2) is 10.7. The lowest BCUT2D eigenvalue weighted by Gasteiger charge is -2.51. The van der Waals surface area contributed by atoms with Crippen LogP contribution in [0.2, 0.25) is 0 Å². The first-order valence-electron chi connectivity index (χ1n) is 13.0. The van der Waals surface area contributed by atoms with Gasteiger partial charge in [-0.1, -0.05) is 36.8 Å². The maximum atomic E-state index is 13.6. The molecule has 3 aliphatic rings. The third kappa shape index (κ3) is 5.08. The molecule has 1 heterocycles. The molecule has 3 fully saturated rings. The van der Waals surface area contributed by atoms with Crippen LogP contribution in [-0.2, 0) is 10.3 Å². The molecule has 1 aromatic carbocycles. The van der Waals surface area contributed by atoms with Crippen LogP contribution in [0.1, 0.15) is 63.4 Å². The summed E-state index contributed by atoms with van der Waals surface area (Å²) >= 11 is 0. The standard InChI is InChI=1S/C27H43N3O3/c1-28(2)27(24-11-4-3-5-12-24)15-13-26(14-16-27)22-29(17-6-7-19-33-20-18-31)25(32)30(26)21-23-9-8-10-23/h3-5,11-12,23,31H,6-10,13-22H2,1-2H3/t26-,27+. The number of nitrogens with zero attached hydrogens (tertiary/aromatic N) is 3. The highest BCUT2D eigenvalue weighted by Crippen LogP contribution is 2.49. The number of aliphatic hydroxyl groups is 1. The van der Waals surface area contributed by atoms with Gasteiger partial charge in [0.15, 0.2) is 0 Å². The number of carbonyl (C=O) groups is 1. The molecular formula is C27H43N3O3. The van der Waals surface area contributed by atoms with Crippen molar-refractivity contribution in [2.45, 2.75) is 68.9 Å². The summed E-state index contributed by atoms with van der Waals surface area (Å²) in [5.74, 6) is 0.687. The van der Waals surface area contributed by atoms with Crippen molar-refractivity contribution in [1.29, 1.82) is 0 Å². The number of unbranched alkanes of at least 4 members (excludes halogenated alkanes) is 1. The highest BCUT2D eigenvalue weighted by molar-refractivity contribution is 5.78. The van der Waals surface area contributed by atoms with Crippen molar-refractivity contribution in [3.8, 4) is 0 Å². The van der Waals surface area contributed by atoms with E-state index in [4.69, 9.17) is 9.84 Å². The fourth-order valence-corrected chi connectivity index (χ4v) is 6.23. The summed E-state index contributed by atoms with van der Waals surface area (Å²) in [5.41, 5.74) is 1.43. The smallest absolute Gasteiger partial charge is 0.320 e. The molecule has 1 saturated heterocycles. The normalized spacial score (nSPS) is 28.2. The molecule has 2 amide bonds. The lowest BCUT2D eigenvalue weighted by atomic mass is 9.68. The number of carbonyl (C=O) groups excluding carboxylic acids is 1. The van der Waals surface area contributed by atoms with Gasteiger partial charge in [0.05, 0.1) is 18.8 Å². The topological polar surface area (TPSA) is 56.2 Å². The third-order valence-electron chi connectivity index (χ3n) is 8.60. The van der Waals surface area contributed by atoms with E-state index in [2.05, 4.69) is 59.1 Å². The van der Waals surface area contributed by atoms with Crippen molar-refractivity contribution in [1.82, 2.24) is 14.7 Å². The van der Waals surface area contributed by atoms with Crippen LogP contribution in [0, 0.1) is 5.92 Å². The molecule has 4 rings (SSSR count). The minimum atomic E-state index is -0.0195. The molecule has 0 radical (unpaired) electrons. The number of urea groups is 1. The van der Waals surface area contributed by atoms with E-state index in [-0.39, 0.29) is 23.7 Å². The van der Waals surface area contributed by atoms with E-state index in [1.165, 1.54) is 24.8 Å². The Hall–Kier alpha value is -1.63. The van der Waals surface area contributed by atoms with Gasteiger partial charge < -0.3 is 19.6 Å². The molecule has 0 bridgehead atoms. The zero-order chi connectivity index (χ0) is 23.3. The zero-order valence-electron chi connectivity index (χ0n) is 20.7. The summed E-state index contributed by atoms with van der Waals surface area (Å²) in [5, 5.41) is 8.85. The molecule has 0 atom stereocenters. The molecule has 2 aliphatic carbocycles. The molecule has 1 N–H and O–H groups in total. The maximum Gasteiger partial charge on any atom is 0.320 e. The monoisotopic (exact) mass is 457 g/mol. The Morgan fingerprint density at radius 3 is 2.39 bits per heavy atom. The second-order valence-electron chi connectivity index (χ2n) is 10.7. The Labute approximate surface area is 199 Å². The van der Waals surface area contributed by atoms with Gasteiger partial charge in [-0.05, 0) is 76.9 Å². The van der Waals surface area contributed by atoms with Gasteiger partial charge in [-0.3, -0.25) is 4.90 Å². The molecule has 1 spiro atoms. The van der Waals surface area contributed by atoms with Crippen molar-refractivity contribution < 1.29 is 14.6 Å².